The monoisotopic (exact) mass is 843 g/mol. The zero-order valence-corrected chi connectivity index (χ0v) is 33.0. The van der Waals surface area contributed by atoms with Gasteiger partial charge in [0, 0.05) is 38.4 Å². The Bertz CT molecular complexity index is 2460. The molecule has 3 heterocycles. The van der Waals surface area contributed by atoms with Crippen molar-refractivity contribution >= 4 is 38.4 Å². The highest BCUT2D eigenvalue weighted by atomic mass is 32.2. The van der Waals surface area contributed by atoms with Crippen LogP contribution in [-0.4, -0.2) is 84.2 Å². The van der Waals surface area contributed by atoms with Gasteiger partial charge in [0.2, 0.25) is 0 Å². The fourth-order valence-electron chi connectivity index (χ4n) is 8.33. The van der Waals surface area contributed by atoms with Gasteiger partial charge in [-0.15, -0.1) is 0 Å². The summed E-state index contributed by atoms with van der Waals surface area (Å²) in [6.07, 6.45) is 1.55. The number of halogens is 5. The molecule has 1 spiro atoms. The summed E-state index contributed by atoms with van der Waals surface area (Å²) >= 11 is 0. The van der Waals surface area contributed by atoms with Gasteiger partial charge in [-0.05, 0) is 98.9 Å². The van der Waals surface area contributed by atoms with Crippen LogP contribution >= 0.6 is 0 Å². The molecule has 0 bridgehead atoms. The maximum atomic E-state index is 15.1. The lowest BCUT2D eigenvalue weighted by molar-refractivity contribution is -0.167. The first kappa shape index (κ1) is 42.0. The number of amides is 1. The highest BCUT2D eigenvalue weighted by Gasteiger charge is 2.45. The van der Waals surface area contributed by atoms with Crippen molar-refractivity contribution in [1.29, 1.82) is 5.26 Å². The molecule has 314 valence electrons. The third kappa shape index (κ3) is 8.76. The van der Waals surface area contributed by atoms with Crippen LogP contribution in [0.2, 0.25) is 0 Å². The van der Waals surface area contributed by atoms with E-state index in [-0.39, 0.29) is 58.2 Å². The van der Waals surface area contributed by atoms with Gasteiger partial charge < -0.3 is 19.7 Å². The Hall–Kier alpha value is -5.16. The topological polar surface area (TPSA) is 159 Å². The predicted octanol–water partition coefficient (Wildman–Crippen LogP) is 6.97. The van der Waals surface area contributed by atoms with Crippen molar-refractivity contribution in [2.75, 3.05) is 43.3 Å². The molecule has 59 heavy (non-hydrogen) atoms. The van der Waals surface area contributed by atoms with E-state index in [1.807, 2.05) is 6.07 Å². The third-order valence-electron chi connectivity index (χ3n) is 11.8. The van der Waals surface area contributed by atoms with Crippen LogP contribution in [0.15, 0.2) is 59.7 Å². The van der Waals surface area contributed by atoms with Crippen molar-refractivity contribution in [3.63, 3.8) is 0 Å². The van der Waals surface area contributed by atoms with Gasteiger partial charge in [-0.3, -0.25) is 18.9 Å². The lowest BCUT2D eigenvalue weighted by atomic mass is 9.79. The zero-order valence-electron chi connectivity index (χ0n) is 32.2. The van der Waals surface area contributed by atoms with Crippen LogP contribution in [0.4, 0.5) is 33.3 Å². The normalized spacial score (nSPS) is 21.1. The van der Waals surface area contributed by atoms with Crippen molar-refractivity contribution in [1.82, 2.24) is 18.8 Å². The maximum Gasteiger partial charge on any atom is 0.471 e. The van der Waals surface area contributed by atoms with Gasteiger partial charge in [0.05, 0.1) is 41.2 Å². The molecule has 2 saturated heterocycles. The zero-order chi connectivity index (χ0) is 42.3. The number of anilines is 2. The average Bonchev–Trinajstić information content (AvgIpc) is 3.61. The number of rotatable bonds is 10. The minimum atomic E-state index is -5.07. The van der Waals surface area contributed by atoms with Gasteiger partial charge in [-0.1, -0.05) is 13.0 Å². The molecular formula is C40H42F5N7O6S. The molecule has 7 rings (SSSR count). The van der Waals surface area contributed by atoms with E-state index in [2.05, 4.69) is 14.6 Å². The summed E-state index contributed by atoms with van der Waals surface area (Å²) in [5.74, 6) is -4.28. The number of aromatic nitrogens is 2. The number of nitrogens with one attached hydrogen (secondary N) is 2. The standard InChI is InChI=1S/C40H42F5N7O6S/c1-3-50(2)59(55,56)49-35-13-11-32(41)36(31(35)21-46)58-28-9-12-34-30(19-28)37(53)52(23-47-34)27-20-39(57-22-27)14-16-51(17-15-39)26-7-4-24(5-8-26)29-10-6-25(18-33(29)42)48-38(54)40(43,44)45/h6,9-13,18-19,23-24,26-27,49H,3-5,7-8,14-17,20,22H2,1-2H3,(H,48,54)/t24-,26-,27?. The van der Waals surface area contributed by atoms with E-state index in [4.69, 9.17) is 9.47 Å². The summed E-state index contributed by atoms with van der Waals surface area (Å²) in [4.78, 5) is 32.1. The highest BCUT2D eigenvalue weighted by molar-refractivity contribution is 7.90. The van der Waals surface area contributed by atoms with Crippen LogP contribution < -0.4 is 20.3 Å². The van der Waals surface area contributed by atoms with E-state index >= 15 is 4.39 Å². The predicted molar refractivity (Wildman–Crippen MR) is 207 cm³/mol. The van der Waals surface area contributed by atoms with Crippen LogP contribution in [0.5, 0.6) is 11.5 Å². The largest absolute Gasteiger partial charge is 0.471 e. The lowest BCUT2D eigenvalue weighted by Gasteiger charge is -2.44. The Morgan fingerprint density at radius 3 is 2.44 bits per heavy atom. The molecule has 19 heteroatoms. The van der Waals surface area contributed by atoms with Gasteiger partial charge in [0.15, 0.2) is 11.6 Å². The van der Waals surface area contributed by atoms with Crippen LogP contribution in [0.1, 0.15) is 75.0 Å². The Morgan fingerprint density at radius 2 is 1.78 bits per heavy atom. The number of likely N-dealkylation sites (tertiary alicyclic amines) is 1. The fraction of sp³-hybridized carbons (Fsp3) is 0.450. The molecule has 2 aliphatic heterocycles. The highest BCUT2D eigenvalue weighted by Crippen LogP contribution is 2.43. The fourth-order valence-corrected chi connectivity index (χ4v) is 9.27. The van der Waals surface area contributed by atoms with E-state index in [0.29, 0.717) is 36.9 Å². The summed E-state index contributed by atoms with van der Waals surface area (Å²) in [6, 6.07) is 12.0. The average molecular weight is 844 g/mol. The number of hydrogen-bond donors (Lipinski definition) is 2. The second-order valence-electron chi connectivity index (χ2n) is 15.3. The molecule has 3 aromatic carbocycles. The van der Waals surface area contributed by atoms with Gasteiger partial charge in [0.1, 0.15) is 23.2 Å². The summed E-state index contributed by atoms with van der Waals surface area (Å²) in [7, 11) is -2.69. The van der Waals surface area contributed by atoms with Gasteiger partial charge in [-0.2, -0.15) is 31.2 Å². The lowest BCUT2D eigenvalue weighted by Crippen LogP contribution is -2.49. The SMILES string of the molecule is CCN(C)S(=O)(=O)Nc1ccc(F)c(Oc2ccc3ncn(C4COC5(CCN([C@H]6CC[C@H](c7ccc(NC(=O)C(F)(F)F)cc7F)CC6)CC5)C4)c(=O)c3c2)c1C#N. The van der Waals surface area contributed by atoms with E-state index in [1.165, 1.54) is 48.3 Å². The van der Waals surface area contributed by atoms with Crippen molar-refractivity contribution in [2.45, 2.75) is 81.6 Å². The Balaban J connectivity index is 0.976. The van der Waals surface area contributed by atoms with Gasteiger partial charge in [-0.25, -0.2) is 13.8 Å². The number of benzene rings is 3. The third-order valence-corrected chi connectivity index (χ3v) is 13.3. The van der Waals surface area contributed by atoms with Crippen LogP contribution in [-0.2, 0) is 19.7 Å². The summed E-state index contributed by atoms with van der Waals surface area (Å²) in [5.41, 5.74) is -0.803. The molecule has 1 aromatic heterocycles. The number of carbonyl (C=O) groups is 1. The molecule has 1 atom stereocenters. The van der Waals surface area contributed by atoms with Crippen molar-refractivity contribution in [3.8, 4) is 17.6 Å². The van der Waals surface area contributed by atoms with Crippen LogP contribution in [0, 0.1) is 23.0 Å². The summed E-state index contributed by atoms with van der Waals surface area (Å²) in [6.45, 7) is 3.62. The molecule has 3 aliphatic rings. The van der Waals surface area contributed by atoms with E-state index in [9.17, 15) is 40.8 Å². The second kappa shape index (κ2) is 16.5. The van der Waals surface area contributed by atoms with Gasteiger partial charge >= 0.3 is 22.3 Å². The Kier molecular flexibility index (Phi) is 11.7. The number of hydrogen-bond acceptors (Lipinski definition) is 9. The van der Waals surface area contributed by atoms with Crippen LogP contribution in [0.3, 0.4) is 0 Å². The molecule has 1 saturated carbocycles. The van der Waals surface area contributed by atoms with E-state index in [0.717, 1.165) is 61.3 Å². The summed E-state index contributed by atoms with van der Waals surface area (Å²) < 4.78 is 110. The molecule has 2 N–H and O–H groups in total. The van der Waals surface area contributed by atoms with Gasteiger partial charge in [0.25, 0.3) is 5.56 Å². The minimum absolute atomic E-state index is 0.0358. The number of nitrogens with zero attached hydrogens (tertiary/aromatic N) is 5. The quantitative estimate of drug-likeness (QED) is 0.161. The van der Waals surface area contributed by atoms with Crippen LogP contribution in [0.25, 0.3) is 10.9 Å². The molecule has 1 aliphatic carbocycles. The number of fused-ring (bicyclic) bond motifs is 1. The molecule has 3 fully saturated rings. The Morgan fingerprint density at radius 1 is 1.05 bits per heavy atom. The first-order valence-corrected chi connectivity index (χ1v) is 20.7. The number of alkyl halides is 3. The van der Waals surface area contributed by atoms with E-state index < -0.39 is 45.3 Å². The van der Waals surface area contributed by atoms with E-state index in [1.54, 1.807) is 12.2 Å². The minimum Gasteiger partial charge on any atom is -0.453 e. The molecular weight excluding hydrogens is 802 g/mol. The summed E-state index contributed by atoms with van der Waals surface area (Å²) in [5, 5.41) is 11.8. The first-order chi connectivity index (χ1) is 28.0. The molecule has 4 aromatic rings. The molecule has 1 unspecified atom stereocenters. The number of piperidine rings is 1. The van der Waals surface area contributed by atoms with Crippen molar-refractivity contribution in [3.05, 3.63) is 88.0 Å². The smallest absolute Gasteiger partial charge is 0.453 e. The van der Waals surface area contributed by atoms with Crippen molar-refractivity contribution < 1.29 is 44.6 Å². The number of nitriles is 1. The number of ether oxygens (including phenoxy) is 2. The van der Waals surface area contributed by atoms with Crippen molar-refractivity contribution in [2.24, 2.45) is 0 Å². The molecule has 13 nitrogen and oxygen atoms in total. The molecule has 1 amide bonds. The number of carbonyl (C=O) groups excluding carboxylic acids is 1. The second-order valence-corrected chi connectivity index (χ2v) is 17.0. The molecule has 0 radical (unpaired) electrons. The maximum absolute atomic E-state index is 15.1. The Labute approximate surface area is 336 Å². The first-order valence-electron chi connectivity index (χ1n) is 19.2.